The first-order valence-corrected chi connectivity index (χ1v) is 11.1. The van der Waals surface area contributed by atoms with Crippen LogP contribution in [0.15, 0.2) is 54.6 Å². The Kier molecular flexibility index (Phi) is 8.69. The highest BCUT2D eigenvalue weighted by Crippen LogP contribution is 2.26. The summed E-state index contributed by atoms with van der Waals surface area (Å²) in [6, 6.07) is 17.1. The number of amides is 2. The molecule has 0 bridgehead atoms. The zero-order valence-electron chi connectivity index (χ0n) is 18.8. The number of aryl methyl sites for hydroxylation is 1. The molecule has 3 N–H and O–H groups in total. The van der Waals surface area contributed by atoms with Crippen molar-refractivity contribution in [3.05, 3.63) is 66.1 Å². The first-order chi connectivity index (χ1) is 15.6. The molecule has 0 atom stereocenters. The summed E-state index contributed by atoms with van der Waals surface area (Å²) in [7, 11) is 0. The second-order valence-electron chi connectivity index (χ2n) is 7.56. The summed E-state index contributed by atoms with van der Waals surface area (Å²) in [5.41, 5.74) is 3.25. The lowest BCUT2D eigenvalue weighted by Crippen LogP contribution is -2.29. The number of hydrogen-bond acceptors (Lipinski definition) is 4. The third kappa shape index (κ3) is 6.11. The SMILES string of the molecule is CCCCNC(=O)Nc1ccccc1OCCCn1c(C)nc(-c2ccccc2)c1CO. The monoisotopic (exact) mass is 436 g/mol. The largest absolute Gasteiger partial charge is 0.491 e. The number of aliphatic hydroxyl groups excluding tert-OH is 1. The summed E-state index contributed by atoms with van der Waals surface area (Å²) in [5, 5.41) is 15.7. The van der Waals surface area contributed by atoms with Crippen LogP contribution in [0.3, 0.4) is 0 Å². The summed E-state index contributed by atoms with van der Waals surface area (Å²) < 4.78 is 7.99. The Hall–Kier alpha value is -3.32. The minimum Gasteiger partial charge on any atom is -0.491 e. The molecule has 0 spiro atoms. The second kappa shape index (κ2) is 11.9. The van der Waals surface area contributed by atoms with E-state index in [4.69, 9.17) is 4.74 Å². The lowest BCUT2D eigenvalue weighted by atomic mass is 10.1. The van der Waals surface area contributed by atoms with Crippen molar-refractivity contribution in [3.63, 3.8) is 0 Å². The highest BCUT2D eigenvalue weighted by molar-refractivity contribution is 5.90. The molecule has 0 fully saturated rings. The number of imidazole rings is 1. The molecule has 0 radical (unpaired) electrons. The Bertz CT molecular complexity index is 1000. The molecule has 7 nitrogen and oxygen atoms in total. The van der Waals surface area contributed by atoms with Gasteiger partial charge in [-0.25, -0.2) is 9.78 Å². The van der Waals surface area contributed by atoms with E-state index in [0.717, 1.165) is 42.0 Å². The summed E-state index contributed by atoms with van der Waals surface area (Å²) in [6.07, 6.45) is 2.71. The van der Waals surface area contributed by atoms with Gasteiger partial charge in [-0.05, 0) is 31.9 Å². The molecule has 3 rings (SSSR count). The van der Waals surface area contributed by atoms with Crippen LogP contribution in [0.2, 0.25) is 0 Å². The van der Waals surface area contributed by atoms with E-state index in [1.165, 1.54) is 0 Å². The highest BCUT2D eigenvalue weighted by Gasteiger charge is 2.15. The zero-order valence-corrected chi connectivity index (χ0v) is 18.8. The van der Waals surface area contributed by atoms with Crippen LogP contribution in [0.5, 0.6) is 5.75 Å². The van der Waals surface area contributed by atoms with Crippen LogP contribution in [-0.2, 0) is 13.2 Å². The molecule has 0 aliphatic heterocycles. The Labute approximate surface area is 189 Å². The van der Waals surface area contributed by atoms with Crippen LogP contribution in [0, 0.1) is 6.92 Å². The molecule has 0 saturated carbocycles. The Morgan fingerprint density at radius 2 is 1.84 bits per heavy atom. The number of benzene rings is 2. The second-order valence-corrected chi connectivity index (χ2v) is 7.56. The lowest BCUT2D eigenvalue weighted by molar-refractivity contribution is 0.251. The number of anilines is 1. The van der Waals surface area contributed by atoms with Crippen molar-refractivity contribution in [3.8, 4) is 17.0 Å². The van der Waals surface area contributed by atoms with Crippen molar-refractivity contribution in [2.24, 2.45) is 0 Å². The van der Waals surface area contributed by atoms with Gasteiger partial charge in [0.05, 0.1) is 30.3 Å². The zero-order chi connectivity index (χ0) is 22.8. The quantitative estimate of drug-likeness (QED) is 0.379. The summed E-state index contributed by atoms with van der Waals surface area (Å²) in [6.45, 7) is 5.75. The van der Waals surface area contributed by atoms with Gasteiger partial charge >= 0.3 is 6.03 Å². The molecule has 1 heterocycles. The molecule has 0 unspecified atom stereocenters. The van der Waals surface area contributed by atoms with E-state index in [9.17, 15) is 9.90 Å². The van der Waals surface area contributed by atoms with Gasteiger partial charge in [0.1, 0.15) is 11.6 Å². The standard InChI is InChI=1S/C25H32N4O3/c1-3-4-15-26-25(31)28-21-13-8-9-14-23(21)32-17-10-16-29-19(2)27-24(22(29)18-30)20-11-6-5-7-12-20/h5-9,11-14,30H,3-4,10,15-18H2,1-2H3,(H2,26,28,31). The summed E-state index contributed by atoms with van der Waals surface area (Å²) in [4.78, 5) is 16.7. The number of nitrogens with zero attached hydrogens (tertiary/aromatic N) is 2. The lowest BCUT2D eigenvalue weighted by Gasteiger charge is -2.14. The van der Waals surface area contributed by atoms with Crippen LogP contribution in [0.1, 0.15) is 37.7 Å². The molecule has 1 aromatic heterocycles. The number of para-hydroxylation sites is 2. The first kappa shape index (κ1) is 23.3. The fourth-order valence-electron chi connectivity index (χ4n) is 3.54. The van der Waals surface area contributed by atoms with Crippen molar-refractivity contribution >= 4 is 11.7 Å². The topological polar surface area (TPSA) is 88.4 Å². The Morgan fingerprint density at radius 3 is 2.59 bits per heavy atom. The predicted octanol–water partition coefficient (Wildman–Crippen LogP) is 4.74. The van der Waals surface area contributed by atoms with Gasteiger partial charge < -0.3 is 25.0 Å². The molecule has 32 heavy (non-hydrogen) atoms. The molecule has 7 heteroatoms. The van der Waals surface area contributed by atoms with Crippen LogP contribution in [-0.4, -0.2) is 33.8 Å². The van der Waals surface area contributed by atoms with E-state index in [2.05, 4.69) is 22.5 Å². The average molecular weight is 437 g/mol. The molecule has 3 aromatic rings. The van der Waals surface area contributed by atoms with Gasteiger partial charge in [0.2, 0.25) is 0 Å². The van der Waals surface area contributed by atoms with E-state index >= 15 is 0 Å². The van der Waals surface area contributed by atoms with Crippen LogP contribution in [0.4, 0.5) is 10.5 Å². The number of rotatable bonds is 11. The smallest absolute Gasteiger partial charge is 0.319 e. The van der Waals surface area contributed by atoms with Crippen LogP contribution < -0.4 is 15.4 Å². The molecular weight excluding hydrogens is 404 g/mol. The van der Waals surface area contributed by atoms with Crippen molar-refractivity contribution in [2.75, 3.05) is 18.5 Å². The fraction of sp³-hybridized carbons (Fsp3) is 0.360. The number of ether oxygens (including phenoxy) is 1. The van der Waals surface area contributed by atoms with E-state index in [-0.39, 0.29) is 12.6 Å². The van der Waals surface area contributed by atoms with Crippen molar-refractivity contribution in [2.45, 2.75) is 46.3 Å². The molecular formula is C25H32N4O3. The van der Waals surface area contributed by atoms with E-state index < -0.39 is 0 Å². The third-order valence-corrected chi connectivity index (χ3v) is 5.20. The normalized spacial score (nSPS) is 10.7. The number of unbranched alkanes of at least 4 members (excludes halogenated alkanes) is 1. The molecule has 2 aromatic carbocycles. The van der Waals surface area contributed by atoms with Gasteiger partial charge in [-0.1, -0.05) is 55.8 Å². The van der Waals surface area contributed by atoms with Crippen molar-refractivity contribution in [1.29, 1.82) is 0 Å². The van der Waals surface area contributed by atoms with Crippen LogP contribution in [0.25, 0.3) is 11.3 Å². The fourth-order valence-corrected chi connectivity index (χ4v) is 3.54. The molecule has 0 aliphatic rings. The molecule has 0 aliphatic carbocycles. The van der Waals surface area contributed by atoms with Crippen molar-refractivity contribution < 1.29 is 14.6 Å². The van der Waals surface area contributed by atoms with Gasteiger partial charge in [0.25, 0.3) is 0 Å². The molecule has 170 valence electrons. The number of nitrogens with one attached hydrogen (secondary N) is 2. The number of urea groups is 1. The molecule has 0 saturated heterocycles. The highest BCUT2D eigenvalue weighted by atomic mass is 16.5. The Balaban J connectivity index is 1.58. The average Bonchev–Trinajstić information content (AvgIpc) is 3.13. The maximum Gasteiger partial charge on any atom is 0.319 e. The van der Waals surface area contributed by atoms with Crippen molar-refractivity contribution in [1.82, 2.24) is 14.9 Å². The maximum atomic E-state index is 12.1. The Morgan fingerprint density at radius 1 is 1.09 bits per heavy atom. The number of aliphatic hydroxyl groups is 1. The first-order valence-electron chi connectivity index (χ1n) is 11.1. The van der Waals surface area contributed by atoms with Gasteiger partial charge in [0, 0.05) is 18.7 Å². The maximum absolute atomic E-state index is 12.1. The van der Waals surface area contributed by atoms with Gasteiger partial charge in [0.15, 0.2) is 0 Å². The molecule has 2 amide bonds. The summed E-state index contributed by atoms with van der Waals surface area (Å²) in [5.74, 6) is 1.49. The number of aromatic nitrogens is 2. The van der Waals surface area contributed by atoms with Gasteiger partial charge in [-0.3, -0.25) is 0 Å². The van der Waals surface area contributed by atoms with E-state index in [0.29, 0.717) is 31.1 Å². The van der Waals surface area contributed by atoms with Crippen LogP contribution >= 0.6 is 0 Å². The predicted molar refractivity (Wildman–Crippen MR) is 127 cm³/mol. The minimum atomic E-state index is -0.232. The third-order valence-electron chi connectivity index (χ3n) is 5.20. The van der Waals surface area contributed by atoms with E-state index in [1.54, 1.807) is 0 Å². The van der Waals surface area contributed by atoms with E-state index in [1.807, 2.05) is 66.1 Å². The number of carbonyl (C=O) groups excluding carboxylic acids is 1. The van der Waals surface area contributed by atoms with Gasteiger partial charge in [-0.15, -0.1) is 0 Å². The number of hydrogen-bond donors (Lipinski definition) is 3. The minimum absolute atomic E-state index is 0.0776. The summed E-state index contributed by atoms with van der Waals surface area (Å²) >= 11 is 0. The van der Waals surface area contributed by atoms with Gasteiger partial charge in [-0.2, -0.15) is 0 Å². The number of carbonyl (C=O) groups is 1.